The molecule has 0 aromatic heterocycles. The number of fused-ring (bicyclic) bond motifs is 6. The molecule has 4 aromatic carbocycles. The first-order valence-corrected chi connectivity index (χ1v) is 7.25. The van der Waals surface area contributed by atoms with Crippen LogP contribution in [0.5, 0.6) is 0 Å². The Morgan fingerprint density at radius 3 is 1.83 bits per heavy atom. The summed E-state index contributed by atoms with van der Waals surface area (Å²) < 4.78 is 0. The highest BCUT2D eigenvalue weighted by molar-refractivity contribution is 6.56. The van der Waals surface area contributed by atoms with E-state index in [0.717, 1.165) is 32.3 Å². The summed E-state index contributed by atoms with van der Waals surface area (Å²) in [6, 6.07) is 13.3. The molecule has 0 aliphatic heterocycles. The van der Waals surface area contributed by atoms with E-state index in [9.17, 15) is 0 Å². The highest BCUT2D eigenvalue weighted by Crippen LogP contribution is 2.32. The maximum atomic E-state index is 6.27. The molecule has 0 saturated heterocycles. The monoisotopic (exact) mass is 278 g/mol. The molecule has 0 fully saturated rings. The summed E-state index contributed by atoms with van der Waals surface area (Å²) >= 11 is 0. The molecule has 0 aliphatic rings. The van der Waals surface area contributed by atoms with Gasteiger partial charge in [0.25, 0.3) is 0 Å². The van der Waals surface area contributed by atoms with Crippen LogP contribution in [0.25, 0.3) is 32.3 Å². The van der Waals surface area contributed by atoms with E-state index in [1.165, 1.54) is 0 Å². The molecule has 94 valence electrons. The first kappa shape index (κ1) is 14.6. The van der Waals surface area contributed by atoms with E-state index in [0.29, 0.717) is 27.3 Å². The summed E-state index contributed by atoms with van der Waals surface area (Å²) in [5.74, 6) is 0. The van der Waals surface area contributed by atoms with Crippen LogP contribution < -0.4 is 27.3 Å². The minimum atomic E-state index is 0.524. The fourth-order valence-electron chi connectivity index (χ4n) is 3.23. The van der Waals surface area contributed by atoms with Crippen molar-refractivity contribution in [3.63, 3.8) is 0 Å². The van der Waals surface area contributed by atoms with E-state index in [2.05, 4.69) is 0 Å². The van der Waals surface area contributed by atoms with Crippen molar-refractivity contribution in [1.82, 2.24) is 0 Å². The second-order valence-electron chi connectivity index (χ2n) is 5.82. The molecule has 0 N–H and O–H groups in total. The largest absolute Gasteiger partial charge is 0.113 e. The molecule has 5 heteroatoms. The summed E-state index contributed by atoms with van der Waals surface area (Å²) in [5.41, 5.74) is 2.84. The van der Waals surface area contributed by atoms with Crippen molar-refractivity contribution in [3.8, 4) is 0 Å². The topological polar surface area (TPSA) is 0 Å². The van der Waals surface area contributed by atoms with Gasteiger partial charge in [0.15, 0.2) is 0 Å². The van der Waals surface area contributed by atoms with E-state index in [1.54, 1.807) is 0 Å². The number of rotatable bonds is 0. The fourth-order valence-corrected chi connectivity index (χ4v) is 3.23. The molecule has 0 nitrogen and oxygen atoms in total. The number of hydrogen-bond donors (Lipinski definition) is 0. The van der Waals surface area contributed by atoms with Crippen molar-refractivity contribution in [2.45, 2.75) is 0 Å². The molecule has 0 aliphatic carbocycles. The third kappa shape index (κ3) is 2.06. The Kier molecular flexibility index (Phi) is 3.16. The van der Waals surface area contributed by atoms with Crippen LogP contribution in [0.3, 0.4) is 0 Å². The lowest BCUT2D eigenvalue weighted by molar-refractivity contribution is 1.87. The molecule has 10 radical (unpaired) electrons. The van der Waals surface area contributed by atoms with Crippen LogP contribution in [0.4, 0.5) is 0 Å². The Balaban J connectivity index is 2.43. The Hall–Kier alpha value is -2.02. The van der Waals surface area contributed by atoms with Crippen LogP contribution >= 0.6 is 0 Å². The minimum Gasteiger partial charge on any atom is -0.103 e. The van der Waals surface area contributed by atoms with Crippen LogP contribution in [0.1, 0.15) is 0 Å². The third-order valence-corrected chi connectivity index (χ3v) is 4.40. The average molecular weight is 277 g/mol. The van der Waals surface area contributed by atoms with Crippen LogP contribution in [0, 0.1) is 0 Å². The Morgan fingerprint density at radius 2 is 1.09 bits per heavy atom. The highest BCUT2D eigenvalue weighted by atomic mass is 14.1. The normalized spacial score (nSPS) is 11.5. The SMILES string of the molecule is [B]c1ccc2c(c1)c1ccc([B])c([B])c1c1cc([B])c([B])cc21. The quantitative estimate of drug-likeness (QED) is 0.289. The maximum absolute atomic E-state index is 6.27. The van der Waals surface area contributed by atoms with Gasteiger partial charge in [-0.15, -0.1) is 16.4 Å². The van der Waals surface area contributed by atoms with Crippen molar-refractivity contribution in [1.29, 1.82) is 0 Å². The predicted molar refractivity (Wildman–Crippen MR) is 106 cm³/mol. The van der Waals surface area contributed by atoms with Gasteiger partial charge in [-0.05, 0) is 32.3 Å². The lowest BCUT2D eigenvalue weighted by Crippen LogP contribution is -2.28. The zero-order valence-electron chi connectivity index (χ0n) is 12.4. The van der Waals surface area contributed by atoms with Gasteiger partial charge < -0.3 is 0 Å². The highest BCUT2D eigenvalue weighted by Gasteiger charge is 2.12. The van der Waals surface area contributed by atoms with Crippen LogP contribution in [0.15, 0.2) is 42.5 Å². The summed E-state index contributed by atoms with van der Waals surface area (Å²) in [6.07, 6.45) is 0. The molecule has 0 atom stereocenters. The van der Waals surface area contributed by atoms with Crippen molar-refractivity contribution in [2.24, 2.45) is 0 Å². The van der Waals surface area contributed by atoms with Crippen LogP contribution in [0.2, 0.25) is 0 Å². The van der Waals surface area contributed by atoms with Gasteiger partial charge in [0.1, 0.15) is 39.2 Å². The average Bonchev–Trinajstić information content (AvgIpc) is 2.52. The maximum Gasteiger partial charge on any atom is 0.113 e. The molecule has 0 unspecified atom stereocenters. The Morgan fingerprint density at radius 1 is 0.478 bits per heavy atom. The van der Waals surface area contributed by atoms with Gasteiger partial charge in [0.2, 0.25) is 0 Å². The van der Waals surface area contributed by atoms with Crippen molar-refractivity contribution in [3.05, 3.63) is 42.5 Å². The summed E-state index contributed by atoms with van der Waals surface area (Å²) in [6.45, 7) is 0. The lowest BCUT2D eigenvalue weighted by Gasteiger charge is -2.16. The van der Waals surface area contributed by atoms with Gasteiger partial charge >= 0.3 is 0 Å². The standard InChI is InChI=1S/C18H7B5/c19-8-1-2-9-11(5-8)10-3-4-14(20)18(23)17(10)13-7-16(22)15(21)6-12(9)13/h1-7H. The van der Waals surface area contributed by atoms with Crippen molar-refractivity contribution in [2.75, 3.05) is 0 Å². The second-order valence-corrected chi connectivity index (χ2v) is 5.82. The molecule has 0 amide bonds. The van der Waals surface area contributed by atoms with E-state index in [-0.39, 0.29) is 0 Å². The zero-order valence-corrected chi connectivity index (χ0v) is 12.4. The summed E-state index contributed by atoms with van der Waals surface area (Å²) in [7, 11) is 30.3. The molecule has 23 heavy (non-hydrogen) atoms. The third-order valence-electron chi connectivity index (χ3n) is 4.40. The molecule has 4 rings (SSSR count). The molecule has 0 bridgehead atoms. The predicted octanol–water partition coefficient (Wildman–Crippen LogP) is -0.885. The first-order chi connectivity index (χ1) is 11.0. The number of hydrogen-bond acceptors (Lipinski definition) is 0. The van der Waals surface area contributed by atoms with E-state index in [4.69, 9.17) is 39.2 Å². The van der Waals surface area contributed by atoms with Gasteiger partial charge in [0, 0.05) is 0 Å². The molecular formula is C18H7B5. The summed E-state index contributed by atoms with van der Waals surface area (Å²) in [5, 5.41) is 5.87. The molecule has 0 heterocycles. The van der Waals surface area contributed by atoms with Gasteiger partial charge in [0.05, 0.1) is 0 Å². The van der Waals surface area contributed by atoms with E-state index >= 15 is 0 Å². The smallest absolute Gasteiger partial charge is 0.103 e. The van der Waals surface area contributed by atoms with E-state index < -0.39 is 0 Å². The zero-order chi connectivity index (χ0) is 16.3. The molecular weight excluding hydrogens is 270 g/mol. The Labute approximate surface area is 141 Å². The lowest BCUT2D eigenvalue weighted by atomic mass is 9.73. The first-order valence-electron chi connectivity index (χ1n) is 7.25. The molecule has 4 aromatic rings. The van der Waals surface area contributed by atoms with Gasteiger partial charge in [-0.1, -0.05) is 53.4 Å². The van der Waals surface area contributed by atoms with Crippen molar-refractivity contribution < 1.29 is 0 Å². The second kappa shape index (κ2) is 4.99. The molecule has 0 saturated carbocycles. The van der Waals surface area contributed by atoms with Crippen molar-refractivity contribution >= 4 is 98.9 Å². The summed E-state index contributed by atoms with van der Waals surface area (Å²) in [4.78, 5) is 0. The minimum absolute atomic E-state index is 0.524. The Bertz CT molecular complexity index is 1120. The van der Waals surface area contributed by atoms with Gasteiger partial charge in [-0.25, -0.2) is 0 Å². The van der Waals surface area contributed by atoms with Crippen LogP contribution in [-0.4, -0.2) is 39.2 Å². The van der Waals surface area contributed by atoms with Gasteiger partial charge in [-0.3, -0.25) is 0 Å². The molecule has 0 spiro atoms. The number of benzene rings is 4. The fraction of sp³-hybridized carbons (Fsp3) is 0. The van der Waals surface area contributed by atoms with E-state index in [1.807, 2.05) is 42.5 Å². The van der Waals surface area contributed by atoms with Gasteiger partial charge in [-0.2, -0.15) is 0 Å². The van der Waals surface area contributed by atoms with Crippen LogP contribution in [-0.2, 0) is 0 Å².